The molecule has 0 fully saturated rings. The quantitative estimate of drug-likeness (QED) is 0.466. The summed E-state index contributed by atoms with van der Waals surface area (Å²) in [5, 5.41) is 18.9. The fraction of sp³-hybridized carbons (Fsp3) is 0.111. The van der Waals surface area contributed by atoms with Crippen LogP contribution >= 0.6 is 0 Å². The van der Waals surface area contributed by atoms with Crippen LogP contribution in [0.4, 0.5) is 36.7 Å². The first kappa shape index (κ1) is 19.0. The number of urea groups is 1. The lowest BCUT2D eigenvalue weighted by atomic mass is 10.3. The first-order valence-corrected chi connectivity index (χ1v) is 8.36. The molecular weight excluding hydrogens is 368 g/mol. The van der Waals surface area contributed by atoms with E-state index in [2.05, 4.69) is 36.4 Å². The number of carbonyl (C=O) groups is 1. The van der Waals surface area contributed by atoms with Crippen LogP contribution in [0.2, 0.25) is 0 Å². The van der Waals surface area contributed by atoms with E-state index in [1.807, 2.05) is 18.2 Å². The standard InChI is InChI=1S/C18H17F2N7O/c19-12-4-5-14(13(20)11-12)24-18(28)23-10-9-22-16-6-7-17(27-26-16)25-15-3-1-2-8-21-15/h1-8,11H,9-10H2,(H,22,26)(H,21,25,27)(H2,23,24,28). The van der Waals surface area contributed by atoms with Gasteiger partial charge in [0.2, 0.25) is 0 Å². The van der Waals surface area contributed by atoms with Crippen molar-refractivity contribution in [3.63, 3.8) is 0 Å². The van der Waals surface area contributed by atoms with Gasteiger partial charge in [0, 0.05) is 25.4 Å². The van der Waals surface area contributed by atoms with Crippen molar-refractivity contribution in [3.05, 3.63) is 66.4 Å². The minimum Gasteiger partial charge on any atom is -0.367 e. The minimum absolute atomic E-state index is 0.103. The number of benzene rings is 1. The molecule has 0 aliphatic rings. The molecule has 4 N–H and O–H groups in total. The third-order valence-corrected chi connectivity index (χ3v) is 3.48. The van der Waals surface area contributed by atoms with Crippen LogP contribution in [0.3, 0.4) is 0 Å². The van der Waals surface area contributed by atoms with Crippen LogP contribution in [-0.4, -0.2) is 34.3 Å². The zero-order chi connectivity index (χ0) is 19.8. The molecule has 0 atom stereocenters. The summed E-state index contributed by atoms with van der Waals surface area (Å²) in [7, 11) is 0. The summed E-state index contributed by atoms with van der Waals surface area (Å²) in [6, 6.07) is 11.2. The molecule has 3 rings (SSSR count). The Hall–Kier alpha value is -3.82. The molecule has 0 unspecified atom stereocenters. The smallest absolute Gasteiger partial charge is 0.319 e. The molecule has 28 heavy (non-hydrogen) atoms. The van der Waals surface area contributed by atoms with Gasteiger partial charge in [0.25, 0.3) is 0 Å². The van der Waals surface area contributed by atoms with Crippen LogP contribution in [0, 0.1) is 11.6 Å². The number of anilines is 4. The molecule has 0 aliphatic carbocycles. The van der Waals surface area contributed by atoms with Crippen molar-refractivity contribution < 1.29 is 13.6 Å². The van der Waals surface area contributed by atoms with Crippen molar-refractivity contribution >= 4 is 29.2 Å². The summed E-state index contributed by atoms with van der Waals surface area (Å²) in [6.07, 6.45) is 1.67. The second-order valence-electron chi connectivity index (χ2n) is 5.58. The van der Waals surface area contributed by atoms with Gasteiger partial charge in [0.15, 0.2) is 5.82 Å². The zero-order valence-electron chi connectivity index (χ0n) is 14.6. The molecular formula is C18H17F2N7O. The molecule has 10 heteroatoms. The SMILES string of the molecule is O=C(NCCNc1ccc(Nc2ccccn2)nn1)Nc1ccc(F)cc1F. The maximum absolute atomic E-state index is 13.5. The van der Waals surface area contributed by atoms with Crippen LogP contribution < -0.4 is 21.3 Å². The second-order valence-corrected chi connectivity index (χ2v) is 5.58. The number of hydrogen-bond donors (Lipinski definition) is 4. The normalized spacial score (nSPS) is 10.2. The largest absolute Gasteiger partial charge is 0.367 e. The molecule has 144 valence electrons. The van der Waals surface area contributed by atoms with Crippen LogP contribution in [0.5, 0.6) is 0 Å². The van der Waals surface area contributed by atoms with Gasteiger partial charge in [0.05, 0.1) is 5.69 Å². The number of nitrogens with one attached hydrogen (secondary N) is 4. The van der Waals surface area contributed by atoms with Gasteiger partial charge in [-0.05, 0) is 36.4 Å². The van der Waals surface area contributed by atoms with Gasteiger partial charge in [-0.1, -0.05) is 6.07 Å². The van der Waals surface area contributed by atoms with Gasteiger partial charge >= 0.3 is 6.03 Å². The highest BCUT2D eigenvalue weighted by molar-refractivity contribution is 5.89. The molecule has 2 amide bonds. The van der Waals surface area contributed by atoms with Crippen molar-refractivity contribution in [1.29, 1.82) is 0 Å². The molecule has 0 spiro atoms. The topological polar surface area (TPSA) is 104 Å². The van der Waals surface area contributed by atoms with E-state index in [9.17, 15) is 13.6 Å². The summed E-state index contributed by atoms with van der Waals surface area (Å²) in [6.45, 7) is 0.630. The Labute approximate surface area is 159 Å². The van der Waals surface area contributed by atoms with Gasteiger partial charge in [-0.15, -0.1) is 10.2 Å². The molecule has 0 saturated carbocycles. The summed E-state index contributed by atoms with van der Waals surface area (Å²) in [5.74, 6) is 0.171. The number of hydrogen-bond acceptors (Lipinski definition) is 6. The van der Waals surface area contributed by atoms with Crippen LogP contribution in [0.1, 0.15) is 0 Å². The average molecular weight is 385 g/mol. The summed E-state index contributed by atoms with van der Waals surface area (Å²) < 4.78 is 26.3. The van der Waals surface area contributed by atoms with Crippen molar-refractivity contribution in [2.45, 2.75) is 0 Å². The molecule has 0 aliphatic heterocycles. The van der Waals surface area contributed by atoms with Crippen molar-refractivity contribution in [3.8, 4) is 0 Å². The number of rotatable bonds is 7. The fourth-order valence-electron chi connectivity index (χ4n) is 2.19. The number of nitrogens with zero attached hydrogens (tertiary/aromatic N) is 3. The Bertz CT molecular complexity index is 923. The lowest BCUT2D eigenvalue weighted by Crippen LogP contribution is -2.33. The monoisotopic (exact) mass is 385 g/mol. The highest BCUT2D eigenvalue weighted by Crippen LogP contribution is 2.14. The van der Waals surface area contributed by atoms with E-state index in [1.165, 1.54) is 0 Å². The van der Waals surface area contributed by atoms with Gasteiger partial charge in [-0.3, -0.25) is 0 Å². The van der Waals surface area contributed by atoms with E-state index in [0.717, 1.165) is 12.1 Å². The maximum atomic E-state index is 13.5. The van der Waals surface area contributed by atoms with Gasteiger partial charge in [-0.25, -0.2) is 18.6 Å². The maximum Gasteiger partial charge on any atom is 0.319 e. The van der Waals surface area contributed by atoms with E-state index < -0.39 is 17.7 Å². The highest BCUT2D eigenvalue weighted by Gasteiger charge is 2.07. The third kappa shape index (κ3) is 5.59. The molecule has 0 radical (unpaired) electrons. The predicted octanol–water partition coefficient (Wildman–Crippen LogP) is 3.13. The van der Waals surface area contributed by atoms with Crippen molar-refractivity contribution in [2.24, 2.45) is 0 Å². The summed E-state index contributed by atoms with van der Waals surface area (Å²) >= 11 is 0. The molecule has 0 saturated heterocycles. The second kappa shape index (κ2) is 9.21. The number of pyridine rings is 1. The average Bonchev–Trinajstić information content (AvgIpc) is 2.69. The van der Waals surface area contributed by atoms with Crippen LogP contribution in [0.15, 0.2) is 54.7 Å². The van der Waals surface area contributed by atoms with E-state index in [-0.39, 0.29) is 12.2 Å². The molecule has 0 bridgehead atoms. The van der Waals surface area contributed by atoms with Crippen molar-refractivity contribution in [1.82, 2.24) is 20.5 Å². The lowest BCUT2D eigenvalue weighted by Gasteiger charge is -2.09. The van der Waals surface area contributed by atoms with E-state index in [1.54, 1.807) is 18.3 Å². The number of halogens is 2. The third-order valence-electron chi connectivity index (χ3n) is 3.48. The predicted molar refractivity (Wildman–Crippen MR) is 101 cm³/mol. The Morgan fingerprint density at radius 1 is 0.929 bits per heavy atom. The van der Waals surface area contributed by atoms with E-state index in [4.69, 9.17) is 0 Å². The van der Waals surface area contributed by atoms with Gasteiger partial charge < -0.3 is 21.3 Å². The number of carbonyl (C=O) groups excluding carboxylic acids is 1. The number of amides is 2. The molecule has 2 heterocycles. The minimum atomic E-state index is -0.844. The first-order valence-electron chi connectivity index (χ1n) is 8.36. The van der Waals surface area contributed by atoms with E-state index in [0.29, 0.717) is 30.1 Å². The summed E-state index contributed by atoms with van der Waals surface area (Å²) in [4.78, 5) is 15.9. The lowest BCUT2D eigenvalue weighted by molar-refractivity contribution is 0.252. The van der Waals surface area contributed by atoms with Gasteiger partial charge in [-0.2, -0.15) is 0 Å². The fourth-order valence-corrected chi connectivity index (χ4v) is 2.19. The highest BCUT2D eigenvalue weighted by atomic mass is 19.1. The Balaban J connectivity index is 1.39. The Kier molecular flexibility index (Phi) is 6.24. The zero-order valence-corrected chi connectivity index (χ0v) is 14.6. The Morgan fingerprint density at radius 3 is 2.46 bits per heavy atom. The molecule has 2 aromatic heterocycles. The van der Waals surface area contributed by atoms with Crippen molar-refractivity contribution in [2.75, 3.05) is 29.0 Å². The van der Waals surface area contributed by atoms with E-state index >= 15 is 0 Å². The molecule has 8 nitrogen and oxygen atoms in total. The van der Waals surface area contributed by atoms with Crippen LogP contribution in [0.25, 0.3) is 0 Å². The summed E-state index contributed by atoms with van der Waals surface area (Å²) in [5.41, 5.74) is -0.103. The van der Waals surface area contributed by atoms with Crippen LogP contribution in [-0.2, 0) is 0 Å². The molecule has 1 aromatic carbocycles. The van der Waals surface area contributed by atoms with Gasteiger partial charge in [0.1, 0.15) is 23.3 Å². The molecule has 3 aromatic rings. The first-order chi connectivity index (χ1) is 13.6. The number of aromatic nitrogens is 3. The Morgan fingerprint density at radius 2 is 1.75 bits per heavy atom.